The van der Waals surface area contributed by atoms with Gasteiger partial charge in [-0.25, -0.2) is 0 Å². The van der Waals surface area contributed by atoms with E-state index in [0.717, 1.165) is 37.4 Å². The van der Waals surface area contributed by atoms with Crippen molar-refractivity contribution < 1.29 is 5.11 Å². The monoisotopic (exact) mass is 235 g/mol. The number of pyridine rings is 1. The molecule has 0 spiro atoms. The maximum atomic E-state index is 8.93. The molecular formula is C13H21N3O. The molecule has 1 aliphatic rings. The van der Waals surface area contributed by atoms with Crippen molar-refractivity contribution in [2.24, 2.45) is 5.92 Å². The number of likely N-dealkylation sites (tertiary alicyclic amines) is 1. The molecule has 1 aliphatic heterocycles. The van der Waals surface area contributed by atoms with Crippen LogP contribution in [-0.4, -0.2) is 41.7 Å². The fourth-order valence-electron chi connectivity index (χ4n) is 2.42. The lowest BCUT2D eigenvalue weighted by molar-refractivity contribution is 0.249. The van der Waals surface area contributed by atoms with Crippen LogP contribution < -0.4 is 5.32 Å². The summed E-state index contributed by atoms with van der Waals surface area (Å²) in [6, 6.07) is 4.07. The Labute approximate surface area is 103 Å². The van der Waals surface area contributed by atoms with Crippen LogP contribution in [-0.2, 0) is 6.54 Å². The van der Waals surface area contributed by atoms with Gasteiger partial charge < -0.3 is 10.4 Å². The van der Waals surface area contributed by atoms with Gasteiger partial charge in [0.15, 0.2) is 0 Å². The highest BCUT2D eigenvalue weighted by molar-refractivity contribution is 5.42. The molecule has 2 rings (SSSR count). The Kier molecular flexibility index (Phi) is 4.34. The zero-order valence-electron chi connectivity index (χ0n) is 10.4. The van der Waals surface area contributed by atoms with Crippen LogP contribution in [0.1, 0.15) is 18.5 Å². The Hall–Kier alpha value is -1.13. The average molecular weight is 235 g/mol. The minimum absolute atomic E-state index is 0.312. The van der Waals surface area contributed by atoms with Crippen molar-refractivity contribution in [3.8, 4) is 0 Å². The summed E-state index contributed by atoms with van der Waals surface area (Å²) in [6.07, 6.45) is 3.98. The minimum atomic E-state index is 0.312. The molecule has 2 heterocycles. The summed E-state index contributed by atoms with van der Waals surface area (Å²) >= 11 is 0. The highest BCUT2D eigenvalue weighted by Crippen LogP contribution is 2.21. The van der Waals surface area contributed by atoms with E-state index in [1.807, 2.05) is 19.3 Å². The van der Waals surface area contributed by atoms with Crippen LogP contribution >= 0.6 is 0 Å². The van der Waals surface area contributed by atoms with Crippen LogP contribution in [0, 0.1) is 5.92 Å². The van der Waals surface area contributed by atoms with E-state index in [1.165, 1.54) is 6.42 Å². The molecule has 0 radical (unpaired) electrons. The summed E-state index contributed by atoms with van der Waals surface area (Å²) in [5, 5.41) is 12.1. The summed E-state index contributed by atoms with van der Waals surface area (Å²) in [6.45, 7) is 3.44. The van der Waals surface area contributed by atoms with Crippen molar-refractivity contribution in [3.63, 3.8) is 0 Å². The number of hydrogen-bond donors (Lipinski definition) is 2. The van der Waals surface area contributed by atoms with Gasteiger partial charge in [-0.3, -0.25) is 9.88 Å². The molecule has 17 heavy (non-hydrogen) atoms. The second-order valence-electron chi connectivity index (χ2n) is 4.69. The summed E-state index contributed by atoms with van der Waals surface area (Å²) < 4.78 is 0. The molecule has 4 nitrogen and oxygen atoms in total. The van der Waals surface area contributed by atoms with E-state index >= 15 is 0 Å². The number of hydrogen-bond acceptors (Lipinski definition) is 4. The molecule has 1 saturated heterocycles. The topological polar surface area (TPSA) is 48.4 Å². The van der Waals surface area contributed by atoms with Gasteiger partial charge in [-0.2, -0.15) is 0 Å². The molecule has 1 unspecified atom stereocenters. The number of nitrogens with one attached hydrogen (secondary N) is 1. The van der Waals surface area contributed by atoms with Crippen LogP contribution in [0.25, 0.3) is 0 Å². The molecule has 1 aromatic heterocycles. The molecule has 94 valence electrons. The van der Waals surface area contributed by atoms with E-state index in [1.54, 1.807) is 0 Å². The first-order chi connectivity index (χ1) is 8.31. The largest absolute Gasteiger partial charge is 0.396 e. The minimum Gasteiger partial charge on any atom is -0.396 e. The van der Waals surface area contributed by atoms with Gasteiger partial charge in [0.1, 0.15) is 0 Å². The van der Waals surface area contributed by atoms with Crippen LogP contribution in [0.3, 0.4) is 0 Å². The van der Waals surface area contributed by atoms with E-state index in [4.69, 9.17) is 5.11 Å². The summed E-state index contributed by atoms with van der Waals surface area (Å²) in [5.74, 6) is 0.660. The molecule has 0 aliphatic carbocycles. The van der Waals surface area contributed by atoms with Gasteiger partial charge in [0.2, 0.25) is 0 Å². The average Bonchev–Trinajstić information content (AvgIpc) is 2.77. The Balaban J connectivity index is 1.88. The van der Waals surface area contributed by atoms with Gasteiger partial charge in [-0.05, 0) is 37.4 Å². The molecule has 0 bridgehead atoms. The van der Waals surface area contributed by atoms with Crippen molar-refractivity contribution in [2.75, 3.05) is 32.1 Å². The quantitative estimate of drug-likeness (QED) is 0.808. The molecule has 1 aromatic rings. The lowest BCUT2D eigenvalue weighted by atomic mass is 10.1. The highest BCUT2D eigenvalue weighted by Gasteiger charge is 2.22. The zero-order chi connectivity index (χ0) is 12.1. The molecule has 0 saturated carbocycles. The standard InChI is InChI=1S/C13H21N3O/c1-14-12-2-5-15-13(8-12)10-16-6-3-11(9-16)4-7-17/h2,5,8,11,17H,3-4,6-7,9-10H2,1H3,(H,14,15). The van der Waals surface area contributed by atoms with E-state index < -0.39 is 0 Å². The smallest absolute Gasteiger partial charge is 0.0564 e. The van der Waals surface area contributed by atoms with Crippen molar-refractivity contribution in [3.05, 3.63) is 24.0 Å². The van der Waals surface area contributed by atoms with E-state index in [9.17, 15) is 0 Å². The van der Waals surface area contributed by atoms with Gasteiger partial charge in [0.25, 0.3) is 0 Å². The Morgan fingerprint density at radius 1 is 1.59 bits per heavy atom. The fourth-order valence-corrected chi connectivity index (χ4v) is 2.42. The molecule has 2 N–H and O–H groups in total. The molecular weight excluding hydrogens is 214 g/mol. The van der Waals surface area contributed by atoms with Gasteiger partial charge in [-0.15, -0.1) is 0 Å². The lowest BCUT2D eigenvalue weighted by Gasteiger charge is -2.15. The molecule has 1 fully saturated rings. The maximum absolute atomic E-state index is 8.93. The van der Waals surface area contributed by atoms with Crippen LogP contribution in [0.4, 0.5) is 5.69 Å². The normalized spacial score (nSPS) is 20.7. The van der Waals surface area contributed by atoms with Crippen LogP contribution in [0.2, 0.25) is 0 Å². The van der Waals surface area contributed by atoms with Crippen LogP contribution in [0.15, 0.2) is 18.3 Å². The van der Waals surface area contributed by atoms with Crippen LogP contribution in [0.5, 0.6) is 0 Å². The number of aromatic nitrogens is 1. The van der Waals surface area contributed by atoms with Gasteiger partial charge in [-0.1, -0.05) is 0 Å². The second-order valence-corrected chi connectivity index (χ2v) is 4.69. The van der Waals surface area contributed by atoms with Crippen molar-refractivity contribution >= 4 is 5.69 Å². The summed E-state index contributed by atoms with van der Waals surface area (Å²) in [5.41, 5.74) is 2.22. The van der Waals surface area contributed by atoms with Crippen molar-refractivity contribution in [2.45, 2.75) is 19.4 Å². The number of aliphatic hydroxyl groups is 1. The van der Waals surface area contributed by atoms with Crippen molar-refractivity contribution in [1.29, 1.82) is 0 Å². The summed E-state index contributed by atoms with van der Waals surface area (Å²) in [4.78, 5) is 6.81. The Morgan fingerprint density at radius 3 is 3.24 bits per heavy atom. The van der Waals surface area contributed by atoms with E-state index in [0.29, 0.717) is 12.5 Å². The summed E-state index contributed by atoms with van der Waals surface area (Å²) in [7, 11) is 1.92. The third kappa shape index (κ3) is 3.41. The first-order valence-electron chi connectivity index (χ1n) is 6.27. The Morgan fingerprint density at radius 2 is 2.47 bits per heavy atom. The molecule has 1 atom stereocenters. The predicted molar refractivity (Wildman–Crippen MR) is 68.9 cm³/mol. The van der Waals surface area contributed by atoms with E-state index in [-0.39, 0.29) is 0 Å². The molecule has 0 aromatic carbocycles. The van der Waals surface area contributed by atoms with Gasteiger partial charge >= 0.3 is 0 Å². The highest BCUT2D eigenvalue weighted by atomic mass is 16.3. The lowest BCUT2D eigenvalue weighted by Crippen LogP contribution is -2.21. The third-order valence-corrected chi connectivity index (χ3v) is 3.40. The number of rotatable bonds is 5. The van der Waals surface area contributed by atoms with Gasteiger partial charge in [0, 0.05) is 38.6 Å². The molecule has 0 amide bonds. The fraction of sp³-hybridized carbons (Fsp3) is 0.615. The SMILES string of the molecule is CNc1ccnc(CN2CCC(CCO)C2)c1. The first kappa shape index (κ1) is 12.3. The number of aliphatic hydroxyl groups excluding tert-OH is 1. The van der Waals surface area contributed by atoms with E-state index in [2.05, 4.69) is 21.3 Å². The molecule has 4 heteroatoms. The maximum Gasteiger partial charge on any atom is 0.0564 e. The predicted octanol–water partition coefficient (Wildman–Crippen LogP) is 1.33. The zero-order valence-corrected chi connectivity index (χ0v) is 10.4. The number of nitrogens with zero attached hydrogens (tertiary/aromatic N) is 2. The van der Waals surface area contributed by atoms with Crippen molar-refractivity contribution in [1.82, 2.24) is 9.88 Å². The first-order valence-corrected chi connectivity index (χ1v) is 6.27. The second kappa shape index (κ2) is 5.98. The Bertz CT molecular complexity index is 356. The number of anilines is 1. The van der Waals surface area contributed by atoms with Gasteiger partial charge in [0.05, 0.1) is 5.69 Å². The third-order valence-electron chi connectivity index (χ3n) is 3.40.